The Morgan fingerprint density at radius 2 is 2.00 bits per heavy atom. The molecule has 0 saturated carbocycles. The van der Waals surface area contributed by atoms with Crippen molar-refractivity contribution in [3.05, 3.63) is 59.4 Å². The highest BCUT2D eigenvalue weighted by atomic mass is 19.3. The maximum Gasteiger partial charge on any atom is 0.257 e. The fourth-order valence-electron chi connectivity index (χ4n) is 2.42. The van der Waals surface area contributed by atoms with Crippen LogP contribution >= 0.6 is 0 Å². The van der Waals surface area contributed by atoms with E-state index in [1.54, 1.807) is 20.0 Å². The van der Waals surface area contributed by atoms with Crippen molar-refractivity contribution in [1.82, 2.24) is 10.6 Å². The molecule has 0 bridgehead atoms. The Morgan fingerprint density at radius 3 is 2.48 bits per heavy atom. The number of nitrogens with two attached hydrogens (primary N) is 3. The molecule has 0 radical (unpaired) electrons. The summed E-state index contributed by atoms with van der Waals surface area (Å²) in [7, 11) is 1.57. The minimum Gasteiger partial charge on any atom is -0.394 e. The first-order chi connectivity index (χ1) is 11.7. The van der Waals surface area contributed by atoms with Gasteiger partial charge in [-0.1, -0.05) is 12.7 Å². The number of hydrogen-bond donors (Lipinski definition) is 5. The van der Waals surface area contributed by atoms with Gasteiger partial charge in [-0.25, -0.2) is 13.2 Å². The average Bonchev–Trinajstić information content (AvgIpc) is 2.87. The highest BCUT2D eigenvalue weighted by Crippen LogP contribution is 2.24. The fourth-order valence-corrected chi connectivity index (χ4v) is 2.42. The van der Waals surface area contributed by atoms with Crippen molar-refractivity contribution in [3.8, 4) is 0 Å². The smallest absolute Gasteiger partial charge is 0.257 e. The van der Waals surface area contributed by atoms with E-state index in [-0.39, 0.29) is 17.3 Å². The molecule has 8 heteroatoms. The first-order valence-electron chi connectivity index (χ1n) is 7.82. The molecule has 3 unspecified atom stereocenters. The Morgan fingerprint density at radius 1 is 1.36 bits per heavy atom. The SMILES string of the molecule is C=C(N/C(C)=C/C=C(/F)C1=CC(N)CC1N)/C(=C/NC)C(N)C(F)F. The standard InChI is InChI=1S/C17H26F3N5/c1-9(4-5-14(18)12-6-11(21)7-15(12)22)25-10(2)13(8-24-3)16(23)17(19)20/h4-6,8,11,15-17,24-25H,2,7,21-23H2,1,3H3/b9-4+,13-8-,14-5+. The van der Waals surface area contributed by atoms with Crippen LogP contribution in [0.2, 0.25) is 0 Å². The van der Waals surface area contributed by atoms with Crippen LogP contribution in [-0.4, -0.2) is 31.6 Å². The summed E-state index contributed by atoms with van der Waals surface area (Å²) >= 11 is 0. The zero-order valence-electron chi connectivity index (χ0n) is 14.4. The van der Waals surface area contributed by atoms with Gasteiger partial charge in [-0.05, 0) is 25.5 Å². The topological polar surface area (TPSA) is 102 Å². The Labute approximate surface area is 146 Å². The molecule has 0 spiro atoms. The molecule has 1 rings (SSSR count). The summed E-state index contributed by atoms with van der Waals surface area (Å²) in [6, 6.07) is -2.18. The first-order valence-corrected chi connectivity index (χ1v) is 7.82. The molecule has 25 heavy (non-hydrogen) atoms. The molecule has 0 aromatic heterocycles. The van der Waals surface area contributed by atoms with E-state index in [9.17, 15) is 13.2 Å². The third kappa shape index (κ3) is 6.08. The van der Waals surface area contributed by atoms with Gasteiger partial charge in [0, 0.05) is 47.9 Å². The van der Waals surface area contributed by atoms with Crippen molar-refractivity contribution in [2.45, 2.75) is 37.9 Å². The summed E-state index contributed by atoms with van der Waals surface area (Å²) in [5.74, 6) is -0.484. The molecule has 140 valence electrons. The Hall–Kier alpha value is -2.03. The molecule has 0 saturated heterocycles. The van der Waals surface area contributed by atoms with Gasteiger partial charge in [-0.2, -0.15) is 0 Å². The van der Waals surface area contributed by atoms with Crippen LogP contribution in [0.4, 0.5) is 13.2 Å². The summed E-state index contributed by atoms with van der Waals surface area (Å²) in [5.41, 5.74) is 18.2. The first kappa shape index (κ1) is 21.0. The van der Waals surface area contributed by atoms with Crippen LogP contribution in [0, 0.1) is 0 Å². The van der Waals surface area contributed by atoms with Gasteiger partial charge in [-0.3, -0.25) is 0 Å². The molecule has 0 heterocycles. The molecule has 0 aliphatic heterocycles. The van der Waals surface area contributed by atoms with Crippen molar-refractivity contribution in [1.29, 1.82) is 0 Å². The Bertz CT molecular complexity index is 607. The normalized spacial score (nSPS) is 23.6. The van der Waals surface area contributed by atoms with Gasteiger partial charge in [0.2, 0.25) is 0 Å². The molecule has 5 nitrogen and oxygen atoms in total. The summed E-state index contributed by atoms with van der Waals surface area (Å²) in [6.45, 7) is 5.36. The number of alkyl halides is 2. The van der Waals surface area contributed by atoms with E-state index < -0.39 is 24.3 Å². The zero-order valence-corrected chi connectivity index (χ0v) is 14.4. The molecule has 0 fully saturated rings. The van der Waals surface area contributed by atoms with Crippen LogP contribution in [0.5, 0.6) is 0 Å². The van der Waals surface area contributed by atoms with Crippen LogP contribution in [-0.2, 0) is 0 Å². The maximum absolute atomic E-state index is 14.2. The average molecular weight is 357 g/mol. The lowest BCUT2D eigenvalue weighted by atomic mass is 10.1. The van der Waals surface area contributed by atoms with Gasteiger partial charge in [-0.15, -0.1) is 0 Å². The lowest BCUT2D eigenvalue weighted by Gasteiger charge is -2.19. The van der Waals surface area contributed by atoms with Gasteiger partial charge in [0.25, 0.3) is 6.43 Å². The van der Waals surface area contributed by atoms with Gasteiger partial charge in [0.15, 0.2) is 0 Å². The quantitative estimate of drug-likeness (QED) is 0.424. The van der Waals surface area contributed by atoms with Gasteiger partial charge in [0.05, 0.1) is 6.04 Å². The Kier molecular flexibility index (Phi) is 7.95. The predicted octanol–water partition coefficient (Wildman–Crippen LogP) is 1.53. The van der Waals surface area contributed by atoms with Crippen molar-refractivity contribution in [2.75, 3.05) is 7.05 Å². The fraction of sp³-hybridized carbons (Fsp3) is 0.412. The van der Waals surface area contributed by atoms with Crippen LogP contribution in [0.15, 0.2) is 59.4 Å². The van der Waals surface area contributed by atoms with Gasteiger partial charge >= 0.3 is 0 Å². The van der Waals surface area contributed by atoms with Crippen molar-refractivity contribution < 1.29 is 13.2 Å². The van der Waals surface area contributed by atoms with Crippen molar-refractivity contribution in [2.24, 2.45) is 17.2 Å². The molecule has 3 atom stereocenters. The number of rotatable bonds is 8. The number of allylic oxidation sites excluding steroid dienone is 3. The second-order valence-corrected chi connectivity index (χ2v) is 5.84. The van der Waals surface area contributed by atoms with E-state index in [0.29, 0.717) is 17.7 Å². The van der Waals surface area contributed by atoms with Crippen LogP contribution < -0.4 is 27.8 Å². The summed E-state index contributed by atoms with van der Waals surface area (Å²) in [6.07, 6.45) is 3.41. The number of halogens is 3. The third-order valence-electron chi connectivity index (χ3n) is 3.70. The minimum atomic E-state index is -2.74. The molecular formula is C17H26F3N5. The molecule has 0 amide bonds. The van der Waals surface area contributed by atoms with Crippen LogP contribution in [0.3, 0.4) is 0 Å². The highest BCUT2D eigenvalue weighted by Gasteiger charge is 2.24. The molecule has 1 aliphatic carbocycles. The lowest BCUT2D eigenvalue weighted by molar-refractivity contribution is 0.129. The van der Waals surface area contributed by atoms with Gasteiger partial charge in [0.1, 0.15) is 5.83 Å². The molecule has 0 aromatic rings. The Balaban J connectivity index is 2.83. The van der Waals surface area contributed by atoms with E-state index in [0.717, 1.165) is 0 Å². The van der Waals surface area contributed by atoms with E-state index in [4.69, 9.17) is 17.2 Å². The third-order valence-corrected chi connectivity index (χ3v) is 3.70. The number of nitrogens with one attached hydrogen (secondary N) is 2. The second-order valence-electron chi connectivity index (χ2n) is 5.84. The van der Waals surface area contributed by atoms with E-state index >= 15 is 0 Å². The lowest BCUT2D eigenvalue weighted by Crippen LogP contribution is -2.34. The molecular weight excluding hydrogens is 331 g/mol. The number of hydrogen-bond acceptors (Lipinski definition) is 5. The zero-order chi connectivity index (χ0) is 19.1. The van der Waals surface area contributed by atoms with Crippen LogP contribution in [0.1, 0.15) is 13.3 Å². The monoisotopic (exact) mass is 357 g/mol. The second kappa shape index (κ2) is 9.45. The van der Waals surface area contributed by atoms with Crippen LogP contribution in [0.25, 0.3) is 0 Å². The van der Waals surface area contributed by atoms with Gasteiger partial charge < -0.3 is 27.8 Å². The summed E-state index contributed by atoms with van der Waals surface area (Å²) in [5, 5.41) is 5.48. The molecule has 8 N–H and O–H groups in total. The van der Waals surface area contributed by atoms with Crippen molar-refractivity contribution >= 4 is 0 Å². The molecule has 0 aromatic carbocycles. The van der Waals surface area contributed by atoms with E-state index in [1.807, 2.05) is 0 Å². The summed E-state index contributed by atoms with van der Waals surface area (Å²) < 4.78 is 39.8. The summed E-state index contributed by atoms with van der Waals surface area (Å²) in [4.78, 5) is 0. The van der Waals surface area contributed by atoms with E-state index in [2.05, 4.69) is 17.2 Å². The molecule has 1 aliphatic rings. The minimum absolute atomic E-state index is 0.126. The van der Waals surface area contributed by atoms with Crippen molar-refractivity contribution in [3.63, 3.8) is 0 Å². The maximum atomic E-state index is 14.2. The highest BCUT2D eigenvalue weighted by molar-refractivity contribution is 5.39. The van der Waals surface area contributed by atoms with E-state index in [1.165, 1.54) is 18.4 Å². The largest absolute Gasteiger partial charge is 0.394 e. The predicted molar refractivity (Wildman–Crippen MR) is 95.0 cm³/mol.